The molecule has 3 heterocycles. The summed E-state index contributed by atoms with van der Waals surface area (Å²) >= 11 is 0. The van der Waals surface area contributed by atoms with E-state index in [0.717, 1.165) is 54.9 Å². The number of pyridine rings is 1. The zero-order valence-corrected chi connectivity index (χ0v) is 30.5. The standard InChI is InChI=1S/C39H43F3N8O4/c1-24(2)54-34-21-33(49-16-14-48(15-17-49)23-26-8-7-9-27(19-26)50-13-12-36(51)47-38(50)53)25(3)18-32(34)46-35-20-31(29(22-44-35)39(40,41)42)45-30-11-6-5-10-28(30)37(52)43-4/h5-11,18-22,24H,12-17,23H2,1-4H3,(H,43,52)(H2,44,45,46)(H,47,51,53). The predicted molar refractivity (Wildman–Crippen MR) is 202 cm³/mol. The van der Waals surface area contributed by atoms with Crippen LogP contribution < -0.4 is 35.8 Å². The Hall–Kier alpha value is -5.83. The van der Waals surface area contributed by atoms with Crippen LogP contribution in [0.5, 0.6) is 5.75 Å². The first-order valence-corrected chi connectivity index (χ1v) is 17.7. The number of rotatable bonds is 11. The highest BCUT2D eigenvalue weighted by Gasteiger charge is 2.35. The van der Waals surface area contributed by atoms with Gasteiger partial charge in [-0.2, -0.15) is 13.2 Å². The number of imide groups is 1. The van der Waals surface area contributed by atoms with Gasteiger partial charge in [0.15, 0.2) is 0 Å². The van der Waals surface area contributed by atoms with Gasteiger partial charge in [0.2, 0.25) is 5.91 Å². The molecule has 15 heteroatoms. The van der Waals surface area contributed by atoms with Crippen LogP contribution in [-0.4, -0.2) is 73.6 Å². The Morgan fingerprint density at radius 3 is 2.39 bits per heavy atom. The first-order chi connectivity index (χ1) is 25.8. The first-order valence-electron chi connectivity index (χ1n) is 17.7. The van der Waals surface area contributed by atoms with E-state index in [1.165, 1.54) is 25.2 Å². The van der Waals surface area contributed by atoms with E-state index in [-0.39, 0.29) is 41.2 Å². The molecular weight excluding hydrogens is 701 g/mol. The van der Waals surface area contributed by atoms with E-state index in [1.807, 2.05) is 57.2 Å². The number of piperazine rings is 1. The zero-order chi connectivity index (χ0) is 38.6. The number of aromatic nitrogens is 1. The van der Waals surface area contributed by atoms with Crippen molar-refractivity contribution in [3.8, 4) is 5.75 Å². The maximum atomic E-state index is 14.1. The molecular formula is C39H43F3N8O4. The van der Waals surface area contributed by atoms with Gasteiger partial charge in [0.1, 0.15) is 11.6 Å². The molecule has 4 N–H and O–H groups in total. The fourth-order valence-electron chi connectivity index (χ4n) is 6.57. The maximum Gasteiger partial charge on any atom is 0.419 e. The second-order valence-corrected chi connectivity index (χ2v) is 13.5. The molecule has 2 aliphatic rings. The van der Waals surface area contributed by atoms with Gasteiger partial charge in [0.05, 0.1) is 34.3 Å². The van der Waals surface area contributed by atoms with Gasteiger partial charge >= 0.3 is 12.2 Å². The van der Waals surface area contributed by atoms with Gasteiger partial charge in [0.25, 0.3) is 5.91 Å². The monoisotopic (exact) mass is 744 g/mol. The van der Waals surface area contributed by atoms with Crippen molar-refractivity contribution in [3.63, 3.8) is 0 Å². The molecule has 12 nitrogen and oxygen atoms in total. The van der Waals surface area contributed by atoms with Crippen molar-refractivity contribution in [2.75, 3.05) is 60.2 Å². The van der Waals surface area contributed by atoms with E-state index in [0.29, 0.717) is 24.5 Å². The van der Waals surface area contributed by atoms with Gasteiger partial charge in [-0.15, -0.1) is 0 Å². The van der Waals surface area contributed by atoms with Crippen molar-refractivity contribution >= 4 is 52.1 Å². The van der Waals surface area contributed by atoms with E-state index in [9.17, 15) is 27.6 Å². The summed E-state index contributed by atoms with van der Waals surface area (Å²) in [4.78, 5) is 46.7. The van der Waals surface area contributed by atoms with Crippen LogP contribution in [0.15, 0.2) is 72.9 Å². The number of aryl methyl sites for hydroxylation is 1. The lowest BCUT2D eigenvalue weighted by atomic mass is 10.1. The van der Waals surface area contributed by atoms with Gasteiger partial charge in [-0.05, 0) is 62.2 Å². The summed E-state index contributed by atoms with van der Waals surface area (Å²) < 4.78 is 48.6. The normalized spacial score (nSPS) is 15.3. The third-order valence-electron chi connectivity index (χ3n) is 9.20. The van der Waals surface area contributed by atoms with Gasteiger partial charge in [-0.25, -0.2) is 9.78 Å². The molecule has 0 saturated carbocycles. The number of benzene rings is 3. The molecule has 0 spiro atoms. The van der Waals surface area contributed by atoms with E-state index < -0.39 is 23.7 Å². The van der Waals surface area contributed by atoms with E-state index in [1.54, 1.807) is 17.0 Å². The molecule has 2 aliphatic heterocycles. The van der Waals surface area contributed by atoms with Crippen molar-refractivity contribution in [2.24, 2.45) is 0 Å². The fraction of sp³-hybridized carbons (Fsp3) is 0.333. The number of carbonyl (C=O) groups excluding carboxylic acids is 3. The number of urea groups is 1. The lowest BCUT2D eigenvalue weighted by Crippen LogP contribution is -2.49. The minimum absolute atomic E-state index is 0.149. The molecule has 3 aromatic carbocycles. The lowest BCUT2D eigenvalue weighted by Gasteiger charge is -2.37. The first kappa shape index (κ1) is 37.9. The molecule has 2 fully saturated rings. The number of hydrogen-bond acceptors (Lipinski definition) is 9. The molecule has 4 aromatic rings. The van der Waals surface area contributed by atoms with Crippen LogP contribution in [0.1, 0.15) is 47.3 Å². The average Bonchev–Trinajstić information content (AvgIpc) is 3.12. The van der Waals surface area contributed by atoms with Crippen LogP contribution in [0, 0.1) is 6.92 Å². The smallest absolute Gasteiger partial charge is 0.419 e. The second-order valence-electron chi connectivity index (χ2n) is 13.5. The summed E-state index contributed by atoms with van der Waals surface area (Å²) in [6.07, 6.45) is -3.87. The maximum absolute atomic E-state index is 14.1. The summed E-state index contributed by atoms with van der Waals surface area (Å²) in [6.45, 7) is 9.90. The van der Waals surface area contributed by atoms with Gasteiger partial charge in [0, 0.05) is 82.4 Å². The van der Waals surface area contributed by atoms with Gasteiger partial charge in [-0.1, -0.05) is 24.3 Å². The number of nitrogens with zero attached hydrogens (tertiary/aromatic N) is 4. The van der Waals surface area contributed by atoms with Crippen LogP contribution in [0.25, 0.3) is 0 Å². The molecule has 284 valence electrons. The Bertz CT molecular complexity index is 2030. The van der Waals surface area contributed by atoms with Crippen molar-refractivity contribution in [1.29, 1.82) is 0 Å². The van der Waals surface area contributed by atoms with E-state index in [4.69, 9.17) is 4.74 Å². The predicted octanol–water partition coefficient (Wildman–Crippen LogP) is 6.81. The van der Waals surface area contributed by atoms with E-state index in [2.05, 4.69) is 36.1 Å². The molecule has 4 amide bonds. The number of halogens is 3. The molecule has 0 unspecified atom stereocenters. The van der Waals surface area contributed by atoms with Crippen LogP contribution in [0.4, 0.5) is 52.2 Å². The summed E-state index contributed by atoms with van der Waals surface area (Å²) in [5, 5.41) is 10.9. The highest BCUT2D eigenvalue weighted by molar-refractivity contribution is 6.05. The molecule has 54 heavy (non-hydrogen) atoms. The van der Waals surface area contributed by atoms with Crippen molar-refractivity contribution in [3.05, 3.63) is 95.2 Å². The minimum atomic E-state index is -4.71. The molecule has 0 bridgehead atoms. The molecule has 2 saturated heterocycles. The van der Waals surface area contributed by atoms with Crippen LogP contribution >= 0.6 is 0 Å². The summed E-state index contributed by atoms with van der Waals surface area (Å²) in [7, 11) is 1.45. The summed E-state index contributed by atoms with van der Waals surface area (Å²) in [5.74, 6) is -0.0393. The average molecular weight is 745 g/mol. The van der Waals surface area contributed by atoms with Crippen molar-refractivity contribution in [1.82, 2.24) is 20.5 Å². The highest BCUT2D eigenvalue weighted by Crippen LogP contribution is 2.40. The molecule has 0 radical (unpaired) electrons. The van der Waals surface area contributed by atoms with E-state index >= 15 is 0 Å². The van der Waals surface area contributed by atoms with Gasteiger partial charge in [-0.3, -0.25) is 24.7 Å². The van der Waals surface area contributed by atoms with Crippen LogP contribution in [0.3, 0.4) is 0 Å². The summed E-state index contributed by atoms with van der Waals surface area (Å²) in [5.41, 5.74) is 3.44. The van der Waals surface area contributed by atoms with Crippen LogP contribution in [0.2, 0.25) is 0 Å². The van der Waals surface area contributed by atoms with Crippen LogP contribution in [-0.2, 0) is 17.5 Å². The Kier molecular flexibility index (Phi) is 11.3. The fourth-order valence-corrected chi connectivity index (χ4v) is 6.57. The number of amides is 4. The third-order valence-corrected chi connectivity index (χ3v) is 9.20. The second kappa shape index (κ2) is 16.0. The minimum Gasteiger partial charge on any atom is -0.489 e. The third kappa shape index (κ3) is 8.85. The van der Waals surface area contributed by atoms with Gasteiger partial charge < -0.3 is 25.6 Å². The molecule has 0 atom stereocenters. The number of hydrogen-bond donors (Lipinski definition) is 4. The summed E-state index contributed by atoms with van der Waals surface area (Å²) in [6, 6.07) is 18.8. The van der Waals surface area contributed by atoms with Crippen molar-refractivity contribution in [2.45, 2.75) is 46.0 Å². The number of ether oxygens (including phenoxy) is 1. The Morgan fingerprint density at radius 1 is 0.926 bits per heavy atom. The number of para-hydroxylation sites is 1. The highest BCUT2D eigenvalue weighted by atomic mass is 19.4. The quantitative estimate of drug-likeness (QED) is 0.131. The Balaban J connectivity index is 1.18. The Labute approximate surface area is 311 Å². The number of anilines is 6. The number of nitrogens with one attached hydrogen (secondary N) is 4. The number of alkyl halides is 3. The zero-order valence-electron chi connectivity index (χ0n) is 30.5. The topological polar surface area (TPSA) is 131 Å². The molecule has 0 aliphatic carbocycles. The number of carbonyl (C=O) groups is 3. The molecule has 6 rings (SSSR count). The largest absolute Gasteiger partial charge is 0.489 e. The Morgan fingerprint density at radius 2 is 1.69 bits per heavy atom. The lowest BCUT2D eigenvalue weighted by molar-refractivity contribution is -0.137. The van der Waals surface area contributed by atoms with Crippen molar-refractivity contribution < 1.29 is 32.3 Å². The molecule has 1 aromatic heterocycles. The SMILES string of the molecule is CNC(=O)c1ccccc1Nc1cc(Nc2cc(C)c(N3CCN(Cc4cccc(N5CCC(=O)NC5=O)c4)CC3)cc2OC(C)C)ncc1C(F)(F)F.